The van der Waals surface area contributed by atoms with Gasteiger partial charge in [-0.3, -0.25) is 4.79 Å². The number of carbonyl (C=O) groups excluding carboxylic acids is 1. The standard InChI is InChI=1S/C23H27NO2S/c1-22(2)12-13-23(3,4)19-15-17(9-10-18(19)22)21(25)24-27(26)14-11-16-7-5-6-8-20(16)27/h5-10,15H,11-14H2,1-4H3. The Morgan fingerprint density at radius 1 is 0.963 bits per heavy atom. The van der Waals surface area contributed by atoms with Gasteiger partial charge in [-0.1, -0.05) is 52.0 Å². The maximum Gasteiger partial charge on any atom is 0.285 e. The van der Waals surface area contributed by atoms with E-state index >= 15 is 0 Å². The van der Waals surface area contributed by atoms with Gasteiger partial charge in [0.1, 0.15) is 0 Å². The summed E-state index contributed by atoms with van der Waals surface area (Å²) >= 11 is 0. The highest BCUT2D eigenvalue weighted by Crippen LogP contribution is 2.46. The van der Waals surface area contributed by atoms with Crippen molar-refractivity contribution in [3.05, 3.63) is 64.7 Å². The molecule has 0 radical (unpaired) electrons. The van der Waals surface area contributed by atoms with E-state index in [-0.39, 0.29) is 16.7 Å². The molecule has 2 aliphatic rings. The van der Waals surface area contributed by atoms with Crippen molar-refractivity contribution in [1.29, 1.82) is 0 Å². The Morgan fingerprint density at radius 2 is 1.63 bits per heavy atom. The number of hydrogen-bond donors (Lipinski definition) is 0. The fourth-order valence-corrected chi connectivity index (χ4v) is 6.53. The van der Waals surface area contributed by atoms with Crippen molar-refractivity contribution in [3.63, 3.8) is 0 Å². The van der Waals surface area contributed by atoms with Gasteiger partial charge in [0.25, 0.3) is 5.91 Å². The lowest BCUT2D eigenvalue weighted by atomic mass is 9.63. The first kappa shape index (κ1) is 18.4. The van der Waals surface area contributed by atoms with E-state index in [9.17, 15) is 9.00 Å². The second-order valence-electron chi connectivity index (χ2n) is 9.13. The fourth-order valence-electron chi connectivity index (χ4n) is 4.38. The van der Waals surface area contributed by atoms with Crippen molar-refractivity contribution in [2.75, 3.05) is 5.75 Å². The SMILES string of the molecule is CC1(C)CCC(C)(C)c2cc(C(=O)N=S3(=O)CCc4ccccc43)ccc21. The molecule has 2 aromatic carbocycles. The van der Waals surface area contributed by atoms with E-state index in [0.717, 1.165) is 29.7 Å². The van der Waals surface area contributed by atoms with Crippen molar-refractivity contribution < 1.29 is 9.00 Å². The van der Waals surface area contributed by atoms with Gasteiger partial charge in [-0.05, 0) is 65.0 Å². The molecule has 1 heterocycles. The molecule has 4 heteroatoms. The zero-order valence-corrected chi connectivity index (χ0v) is 17.4. The van der Waals surface area contributed by atoms with Crippen LogP contribution in [0.1, 0.15) is 67.6 Å². The van der Waals surface area contributed by atoms with Crippen LogP contribution in [0.15, 0.2) is 51.7 Å². The molecular weight excluding hydrogens is 354 g/mol. The Labute approximate surface area is 162 Å². The average molecular weight is 382 g/mol. The van der Waals surface area contributed by atoms with Crippen LogP contribution in [0.5, 0.6) is 0 Å². The van der Waals surface area contributed by atoms with Gasteiger partial charge >= 0.3 is 0 Å². The molecule has 1 aliphatic carbocycles. The summed E-state index contributed by atoms with van der Waals surface area (Å²) in [6, 6.07) is 13.6. The third kappa shape index (κ3) is 3.04. The predicted octanol–water partition coefficient (Wildman–Crippen LogP) is 5.26. The number of rotatable bonds is 1. The Kier molecular flexibility index (Phi) is 4.12. The van der Waals surface area contributed by atoms with Gasteiger partial charge in [-0.2, -0.15) is 4.36 Å². The van der Waals surface area contributed by atoms with Gasteiger partial charge in [0.2, 0.25) is 0 Å². The molecule has 1 atom stereocenters. The normalized spacial score (nSPS) is 24.7. The quantitative estimate of drug-likeness (QED) is 0.676. The predicted molar refractivity (Wildman–Crippen MR) is 110 cm³/mol. The Balaban J connectivity index is 1.78. The summed E-state index contributed by atoms with van der Waals surface area (Å²) in [7, 11) is -2.66. The monoisotopic (exact) mass is 381 g/mol. The van der Waals surface area contributed by atoms with Gasteiger partial charge in [-0.15, -0.1) is 0 Å². The van der Waals surface area contributed by atoms with Crippen LogP contribution in [0.4, 0.5) is 0 Å². The fraction of sp³-hybridized carbons (Fsp3) is 0.435. The first-order chi connectivity index (χ1) is 12.6. The van der Waals surface area contributed by atoms with E-state index in [2.05, 4.69) is 38.1 Å². The molecule has 1 unspecified atom stereocenters. The molecule has 3 nitrogen and oxygen atoms in total. The smallest absolute Gasteiger partial charge is 0.266 e. The molecule has 2 aromatic rings. The van der Waals surface area contributed by atoms with Crippen LogP contribution in [0, 0.1) is 0 Å². The van der Waals surface area contributed by atoms with Crippen molar-refractivity contribution >= 4 is 15.6 Å². The third-order valence-electron chi connectivity index (χ3n) is 6.29. The van der Waals surface area contributed by atoms with Gasteiger partial charge in [0, 0.05) is 11.3 Å². The number of fused-ring (bicyclic) bond motifs is 2. The lowest BCUT2D eigenvalue weighted by Crippen LogP contribution is -2.34. The van der Waals surface area contributed by atoms with Crippen LogP contribution in [-0.4, -0.2) is 15.9 Å². The Morgan fingerprint density at radius 3 is 2.37 bits per heavy atom. The van der Waals surface area contributed by atoms with Crippen LogP contribution >= 0.6 is 0 Å². The molecular formula is C23H27NO2S. The molecule has 0 saturated carbocycles. The first-order valence-electron chi connectivity index (χ1n) is 9.65. The minimum Gasteiger partial charge on any atom is -0.266 e. The summed E-state index contributed by atoms with van der Waals surface area (Å²) in [6.45, 7) is 9.00. The number of benzene rings is 2. The van der Waals surface area contributed by atoms with Crippen molar-refractivity contribution in [1.82, 2.24) is 0 Å². The molecule has 1 amide bonds. The van der Waals surface area contributed by atoms with Crippen LogP contribution < -0.4 is 0 Å². The molecule has 0 bridgehead atoms. The molecule has 0 fully saturated rings. The third-order valence-corrected chi connectivity index (χ3v) is 8.60. The zero-order valence-electron chi connectivity index (χ0n) is 16.5. The van der Waals surface area contributed by atoms with E-state index in [4.69, 9.17) is 0 Å². The van der Waals surface area contributed by atoms with Gasteiger partial charge in [-0.25, -0.2) is 4.21 Å². The van der Waals surface area contributed by atoms with Crippen LogP contribution in [-0.2, 0) is 27.0 Å². The van der Waals surface area contributed by atoms with Gasteiger partial charge < -0.3 is 0 Å². The molecule has 142 valence electrons. The number of aryl methyl sites for hydroxylation is 1. The van der Waals surface area contributed by atoms with Crippen molar-refractivity contribution in [2.24, 2.45) is 4.36 Å². The number of carbonyl (C=O) groups is 1. The van der Waals surface area contributed by atoms with E-state index in [1.165, 1.54) is 11.1 Å². The molecule has 4 rings (SSSR count). The van der Waals surface area contributed by atoms with Crippen LogP contribution in [0.25, 0.3) is 0 Å². The summed E-state index contributed by atoms with van der Waals surface area (Å²) in [5.74, 6) is 0.0698. The Bertz CT molecular complexity index is 1060. The van der Waals surface area contributed by atoms with Gasteiger partial charge in [0.05, 0.1) is 14.6 Å². The molecule has 1 aliphatic heterocycles. The van der Waals surface area contributed by atoms with Crippen molar-refractivity contribution in [2.45, 2.75) is 62.7 Å². The molecule has 0 spiro atoms. The highest BCUT2D eigenvalue weighted by molar-refractivity contribution is 7.94. The number of hydrogen-bond acceptors (Lipinski definition) is 2. The number of amides is 1. The maximum absolute atomic E-state index is 13.3. The topological polar surface area (TPSA) is 46.5 Å². The molecule has 0 aromatic heterocycles. The van der Waals surface area contributed by atoms with Crippen LogP contribution in [0.2, 0.25) is 0 Å². The second kappa shape index (κ2) is 6.03. The molecule has 0 N–H and O–H groups in total. The average Bonchev–Trinajstić information content (AvgIpc) is 2.96. The summed E-state index contributed by atoms with van der Waals surface area (Å²) in [5.41, 5.74) is 4.27. The van der Waals surface area contributed by atoms with E-state index in [1.54, 1.807) is 0 Å². The minimum atomic E-state index is -2.66. The first-order valence-corrected chi connectivity index (χ1v) is 11.3. The van der Waals surface area contributed by atoms with E-state index in [1.807, 2.05) is 36.4 Å². The Hall–Kier alpha value is -1.94. The summed E-state index contributed by atoms with van der Waals surface area (Å²) in [4.78, 5) is 13.7. The summed E-state index contributed by atoms with van der Waals surface area (Å²) in [5, 5.41) is 0. The van der Waals surface area contributed by atoms with E-state index < -0.39 is 9.73 Å². The highest BCUT2D eigenvalue weighted by Gasteiger charge is 2.37. The van der Waals surface area contributed by atoms with E-state index in [0.29, 0.717) is 11.3 Å². The second-order valence-corrected chi connectivity index (χ2v) is 11.4. The van der Waals surface area contributed by atoms with Crippen molar-refractivity contribution in [3.8, 4) is 0 Å². The lowest BCUT2D eigenvalue weighted by Gasteiger charge is -2.41. The highest BCUT2D eigenvalue weighted by atomic mass is 32.2. The minimum absolute atomic E-state index is 0.0309. The molecule has 27 heavy (non-hydrogen) atoms. The maximum atomic E-state index is 13.3. The summed E-state index contributed by atoms with van der Waals surface area (Å²) < 4.78 is 17.6. The van der Waals surface area contributed by atoms with Crippen LogP contribution in [0.3, 0.4) is 0 Å². The number of nitrogens with zero attached hydrogens (tertiary/aromatic N) is 1. The zero-order chi connectivity index (χ0) is 19.4. The summed E-state index contributed by atoms with van der Waals surface area (Å²) in [6.07, 6.45) is 2.94. The largest absolute Gasteiger partial charge is 0.285 e. The van der Waals surface area contributed by atoms with Gasteiger partial charge in [0.15, 0.2) is 0 Å². The molecule has 0 saturated heterocycles. The lowest BCUT2D eigenvalue weighted by molar-refractivity contribution is 0.100.